The molecule has 2 aromatic heterocycles. The molecular weight excluding hydrogens is 527 g/mol. The van der Waals surface area contributed by atoms with Crippen LogP contribution in [0, 0.1) is 19.7 Å². The maximum absolute atomic E-state index is 16.2. The predicted molar refractivity (Wildman–Crippen MR) is 152 cm³/mol. The van der Waals surface area contributed by atoms with E-state index in [1.54, 1.807) is 16.8 Å². The van der Waals surface area contributed by atoms with Crippen molar-refractivity contribution >= 4 is 17.8 Å². The lowest BCUT2D eigenvalue weighted by molar-refractivity contribution is -0.0241. The second-order valence-corrected chi connectivity index (χ2v) is 12.2. The van der Waals surface area contributed by atoms with E-state index < -0.39 is 29.1 Å². The molecule has 2 amide bonds. The number of benzene rings is 1. The molecule has 1 saturated heterocycles. The Hall–Kier alpha value is -3.66. The van der Waals surface area contributed by atoms with E-state index in [4.69, 9.17) is 19.2 Å². The molecule has 2 fully saturated rings. The molecule has 1 aliphatic heterocycles. The number of pyridine rings is 1. The number of aryl methyl sites for hydroxylation is 2. The molecule has 10 heteroatoms. The van der Waals surface area contributed by atoms with Crippen LogP contribution in [0.25, 0.3) is 16.9 Å². The van der Waals surface area contributed by atoms with Crippen LogP contribution in [0.15, 0.2) is 30.5 Å². The molecule has 0 N–H and O–H groups in total. The second kappa shape index (κ2) is 10.6. The maximum Gasteiger partial charge on any atom is 0.410 e. The van der Waals surface area contributed by atoms with Crippen LogP contribution in [0.1, 0.15) is 56.0 Å². The van der Waals surface area contributed by atoms with Crippen LogP contribution in [-0.2, 0) is 26.2 Å². The number of methoxy groups -OCH3 is 1. The fraction of sp³-hybridized carbons (Fsp3) is 0.516. The van der Waals surface area contributed by atoms with Crippen LogP contribution < -0.4 is 0 Å². The van der Waals surface area contributed by atoms with Gasteiger partial charge in [-0.05, 0) is 82.3 Å². The highest BCUT2D eigenvalue weighted by Crippen LogP contribution is 2.52. The molecule has 3 heterocycles. The van der Waals surface area contributed by atoms with Crippen LogP contribution in [0.4, 0.5) is 14.0 Å². The number of fused-ring (bicyclic) bond motifs is 1. The molecule has 0 bridgehead atoms. The largest absolute Gasteiger partial charge is 0.453 e. The van der Waals surface area contributed by atoms with E-state index in [-0.39, 0.29) is 6.10 Å². The molecule has 1 aromatic carbocycles. The lowest BCUT2D eigenvalue weighted by Crippen LogP contribution is -2.46. The highest BCUT2D eigenvalue weighted by molar-refractivity contribution is 5.73. The Kier molecular flexibility index (Phi) is 7.48. The molecule has 3 aromatic rings. The van der Waals surface area contributed by atoms with Crippen molar-refractivity contribution < 1.29 is 28.2 Å². The van der Waals surface area contributed by atoms with Gasteiger partial charge in [-0.3, -0.25) is 0 Å². The van der Waals surface area contributed by atoms with Crippen LogP contribution >= 0.6 is 0 Å². The van der Waals surface area contributed by atoms with Crippen LogP contribution in [0.3, 0.4) is 0 Å². The smallest absolute Gasteiger partial charge is 0.410 e. The topological polar surface area (TPSA) is 85.6 Å². The Morgan fingerprint density at radius 1 is 1.22 bits per heavy atom. The maximum atomic E-state index is 16.2. The molecule has 0 unspecified atom stereocenters. The Bertz CT molecular complexity index is 1470. The number of aromatic nitrogens is 2. The zero-order chi connectivity index (χ0) is 29.7. The van der Waals surface area contributed by atoms with Crippen molar-refractivity contribution in [1.82, 2.24) is 19.2 Å². The van der Waals surface area contributed by atoms with Crippen molar-refractivity contribution in [3.05, 3.63) is 58.7 Å². The molecular formula is C31H39FN4O5. The average molecular weight is 567 g/mol. The molecule has 5 rings (SSSR count). The van der Waals surface area contributed by atoms with Crippen molar-refractivity contribution in [2.24, 2.45) is 0 Å². The van der Waals surface area contributed by atoms with Gasteiger partial charge in [0.2, 0.25) is 0 Å². The van der Waals surface area contributed by atoms with Crippen LogP contribution in [-0.4, -0.2) is 76.9 Å². The first-order chi connectivity index (χ1) is 19.3. The Labute approximate surface area is 240 Å². The van der Waals surface area contributed by atoms with Gasteiger partial charge in [0.15, 0.2) is 0 Å². The average Bonchev–Trinajstić information content (AvgIpc) is 3.65. The van der Waals surface area contributed by atoms with Gasteiger partial charge >= 0.3 is 12.2 Å². The first-order valence-corrected chi connectivity index (χ1v) is 14.0. The quantitative estimate of drug-likeness (QED) is 0.398. The van der Waals surface area contributed by atoms with Gasteiger partial charge in [0.1, 0.15) is 17.1 Å². The zero-order valence-electron chi connectivity index (χ0n) is 24.9. The summed E-state index contributed by atoms with van der Waals surface area (Å²) >= 11 is 0. The summed E-state index contributed by atoms with van der Waals surface area (Å²) in [6.45, 7) is 10.6. The lowest BCUT2D eigenvalue weighted by atomic mass is 9.94. The third-order valence-corrected chi connectivity index (χ3v) is 7.97. The molecule has 0 spiro atoms. The molecule has 1 aliphatic carbocycles. The minimum absolute atomic E-state index is 0.303. The van der Waals surface area contributed by atoms with E-state index in [2.05, 4.69) is 0 Å². The summed E-state index contributed by atoms with van der Waals surface area (Å²) in [7, 11) is 3.08. The van der Waals surface area contributed by atoms with Crippen molar-refractivity contribution in [2.45, 2.75) is 71.1 Å². The van der Waals surface area contributed by atoms with Gasteiger partial charge in [0.05, 0.1) is 43.3 Å². The fourth-order valence-corrected chi connectivity index (χ4v) is 5.70. The fourth-order valence-electron chi connectivity index (χ4n) is 5.70. The van der Waals surface area contributed by atoms with Gasteiger partial charge in [0, 0.05) is 31.8 Å². The predicted octanol–water partition coefficient (Wildman–Crippen LogP) is 5.62. The Balaban J connectivity index is 1.52. The number of carbonyl (C=O) groups is 2. The van der Waals surface area contributed by atoms with E-state index in [1.165, 1.54) is 13.2 Å². The van der Waals surface area contributed by atoms with Crippen molar-refractivity contribution in [3.8, 4) is 11.3 Å². The number of hydrogen-bond acceptors (Lipinski definition) is 6. The van der Waals surface area contributed by atoms with E-state index in [0.29, 0.717) is 43.0 Å². The lowest BCUT2D eigenvalue weighted by Gasteiger charge is -2.32. The van der Waals surface area contributed by atoms with Gasteiger partial charge in [-0.2, -0.15) is 0 Å². The summed E-state index contributed by atoms with van der Waals surface area (Å²) in [4.78, 5) is 33.2. The summed E-state index contributed by atoms with van der Waals surface area (Å²) in [5.41, 5.74) is 3.77. The molecule has 41 heavy (non-hydrogen) atoms. The van der Waals surface area contributed by atoms with Gasteiger partial charge in [-0.15, -0.1) is 0 Å². The monoisotopic (exact) mass is 566 g/mol. The number of halogens is 1. The van der Waals surface area contributed by atoms with Gasteiger partial charge < -0.3 is 28.4 Å². The third kappa shape index (κ3) is 5.62. The van der Waals surface area contributed by atoms with Gasteiger partial charge in [0.25, 0.3) is 0 Å². The molecule has 2 aliphatic rings. The molecule has 0 radical (unpaired) electrons. The van der Waals surface area contributed by atoms with Crippen molar-refractivity contribution in [2.75, 3.05) is 33.9 Å². The number of morpholine rings is 1. The van der Waals surface area contributed by atoms with E-state index in [9.17, 15) is 9.59 Å². The van der Waals surface area contributed by atoms with Crippen LogP contribution in [0.5, 0.6) is 0 Å². The Morgan fingerprint density at radius 2 is 1.95 bits per heavy atom. The Morgan fingerprint density at radius 3 is 2.59 bits per heavy atom. The summed E-state index contributed by atoms with van der Waals surface area (Å²) < 4.78 is 34.7. The van der Waals surface area contributed by atoms with Crippen LogP contribution in [0.2, 0.25) is 0 Å². The first kappa shape index (κ1) is 28.9. The molecule has 9 nitrogen and oxygen atoms in total. The number of imidazole rings is 1. The molecule has 220 valence electrons. The molecule has 1 saturated carbocycles. The number of rotatable bonds is 5. The second-order valence-electron chi connectivity index (χ2n) is 12.2. The van der Waals surface area contributed by atoms with E-state index >= 15 is 4.39 Å². The minimum Gasteiger partial charge on any atom is -0.453 e. The minimum atomic E-state index is -0.625. The molecule has 1 atom stereocenters. The summed E-state index contributed by atoms with van der Waals surface area (Å²) in [6.07, 6.45) is 2.71. The SMILES string of the molecule is COC(=O)N1CCO[C@@H](Cc2c(-c3c(C)cc(C4(N(C)C(=O)OC(C)(C)C)CC4)cc3F)nc3cc(C)ccn23)C1. The zero-order valence-corrected chi connectivity index (χ0v) is 24.9. The highest BCUT2D eigenvalue weighted by Gasteiger charge is 2.51. The van der Waals surface area contributed by atoms with E-state index in [0.717, 1.165) is 35.2 Å². The standard InChI is InChI=1S/C31H39FN4O5/c1-19-8-11-36-24(17-22-18-35(12-13-40-22)29(38)39-7)27(33-25(36)14-19)26-20(2)15-21(16-23(26)32)31(9-10-31)34(6)28(37)41-30(3,4)5/h8,11,14-16,22H,9-10,12-13,17-18H2,1-7H3/t22-/m0/s1. The summed E-state index contributed by atoms with van der Waals surface area (Å²) in [5.74, 6) is -0.397. The van der Waals surface area contributed by atoms with Crippen molar-refractivity contribution in [1.29, 1.82) is 0 Å². The third-order valence-electron chi connectivity index (χ3n) is 7.97. The van der Waals surface area contributed by atoms with Gasteiger partial charge in [-0.25, -0.2) is 19.0 Å². The van der Waals surface area contributed by atoms with Gasteiger partial charge in [-0.1, -0.05) is 6.07 Å². The number of carbonyl (C=O) groups excluding carboxylic acids is 2. The highest BCUT2D eigenvalue weighted by atomic mass is 19.1. The first-order valence-electron chi connectivity index (χ1n) is 14.0. The summed E-state index contributed by atoms with van der Waals surface area (Å²) in [5, 5.41) is 0. The van der Waals surface area contributed by atoms with Crippen molar-refractivity contribution in [3.63, 3.8) is 0 Å². The number of hydrogen-bond donors (Lipinski definition) is 0. The number of nitrogens with zero attached hydrogens (tertiary/aromatic N) is 4. The van der Waals surface area contributed by atoms with E-state index in [1.807, 2.05) is 63.4 Å². The number of amides is 2. The summed E-state index contributed by atoms with van der Waals surface area (Å²) in [6, 6.07) is 7.44. The number of ether oxygens (including phenoxy) is 3. The normalized spacial score (nSPS) is 18.3.